The van der Waals surface area contributed by atoms with Crippen molar-refractivity contribution in [3.63, 3.8) is 0 Å². The van der Waals surface area contributed by atoms with Crippen molar-refractivity contribution in [1.82, 2.24) is 5.32 Å². The van der Waals surface area contributed by atoms with Crippen LogP contribution >= 0.6 is 0 Å². The Bertz CT molecular complexity index is 1250. The number of carbonyl (C=O) groups excluding carboxylic acids is 1. The highest BCUT2D eigenvalue weighted by Crippen LogP contribution is 2.60. The minimum absolute atomic E-state index is 0.0344. The second kappa shape index (κ2) is 13.5. The third-order valence-corrected chi connectivity index (χ3v) is 9.21. The molecule has 40 heavy (non-hydrogen) atoms. The highest BCUT2D eigenvalue weighted by molar-refractivity contribution is 5.96. The van der Waals surface area contributed by atoms with Gasteiger partial charge in [0.05, 0.1) is 6.04 Å². The summed E-state index contributed by atoms with van der Waals surface area (Å²) in [5.41, 5.74) is 10.5. The predicted molar refractivity (Wildman–Crippen MR) is 171 cm³/mol. The quantitative estimate of drug-likeness (QED) is 0.213. The Morgan fingerprint density at radius 1 is 0.975 bits per heavy atom. The third-order valence-electron chi connectivity index (χ3n) is 9.21. The van der Waals surface area contributed by atoms with Crippen LogP contribution in [0.15, 0.2) is 90.1 Å². The van der Waals surface area contributed by atoms with Crippen LogP contribution in [-0.4, -0.2) is 5.91 Å². The lowest BCUT2D eigenvalue weighted by atomic mass is 9.53. The highest BCUT2D eigenvalue weighted by atomic mass is 16.1. The largest absolute Gasteiger partial charge is 0.346 e. The molecular formula is C38H49NO. The Kier molecular flexibility index (Phi) is 10.1. The van der Waals surface area contributed by atoms with Gasteiger partial charge in [-0.25, -0.2) is 0 Å². The smallest absolute Gasteiger partial charge is 0.251 e. The second-order valence-electron chi connectivity index (χ2n) is 12.2. The summed E-state index contributed by atoms with van der Waals surface area (Å²) in [6.45, 7) is 14.7. The molecule has 2 fully saturated rings. The Morgan fingerprint density at radius 2 is 1.55 bits per heavy atom. The first-order valence-electron chi connectivity index (χ1n) is 15.5. The molecule has 2 aromatic rings. The first kappa shape index (κ1) is 29.8. The molecule has 2 heteroatoms. The SMILES string of the molecule is C=C/C(=C\C(=C/C)C(=O)N[C@H](C)c1ccc(C(=C2CC3(CCC3)C2)c2ccc(C)cc2)cc1)C(CCC)CCC. The first-order chi connectivity index (χ1) is 19.3. The van der Waals surface area contributed by atoms with E-state index in [1.54, 1.807) is 5.57 Å². The van der Waals surface area contributed by atoms with Gasteiger partial charge in [0.15, 0.2) is 0 Å². The van der Waals surface area contributed by atoms with Crippen LogP contribution in [-0.2, 0) is 4.79 Å². The number of benzene rings is 2. The van der Waals surface area contributed by atoms with E-state index in [9.17, 15) is 4.79 Å². The number of rotatable bonds is 12. The summed E-state index contributed by atoms with van der Waals surface area (Å²) in [7, 11) is 0. The fourth-order valence-electron chi connectivity index (χ4n) is 6.64. The van der Waals surface area contributed by atoms with Gasteiger partial charge in [-0.2, -0.15) is 0 Å². The van der Waals surface area contributed by atoms with Gasteiger partial charge in [0.25, 0.3) is 5.91 Å². The van der Waals surface area contributed by atoms with Gasteiger partial charge < -0.3 is 5.32 Å². The van der Waals surface area contributed by atoms with Crippen molar-refractivity contribution in [2.75, 3.05) is 0 Å². The Hall–Kier alpha value is -3.13. The maximum atomic E-state index is 13.3. The van der Waals surface area contributed by atoms with Crippen LogP contribution in [0, 0.1) is 18.3 Å². The molecule has 1 atom stereocenters. The molecule has 2 aliphatic carbocycles. The minimum Gasteiger partial charge on any atom is -0.346 e. The Morgan fingerprint density at radius 3 is 2.02 bits per heavy atom. The van der Waals surface area contributed by atoms with Crippen LogP contribution in [0.4, 0.5) is 0 Å². The fraction of sp³-hybridized carbons (Fsp3) is 0.447. The van der Waals surface area contributed by atoms with Gasteiger partial charge >= 0.3 is 0 Å². The van der Waals surface area contributed by atoms with Crippen LogP contribution in [0.3, 0.4) is 0 Å². The molecule has 0 heterocycles. The third kappa shape index (κ3) is 6.77. The highest BCUT2D eigenvalue weighted by Gasteiger charge is 2.46. The molecule has 0 saturated heterocycles. The van der Waals surface area contributed by atoms with E-state index in [1.165, 1.54) is 59.9 Å². The van der Waals surface area contributed by atoms with Crippen LogP contribution in [0.1, 0.15) is 114 Å². The van der Waals surface area contributed by atoms with E-state index in [4.69, 9.17) is 0 Å². The number of nitrogens with one attached hydrogen (secondary N) is 1. The maximum Gasteiger partial charge on any atom is 0.251 e. The lowest BCUT2D eigenvalue weighted by Gasteiger charge is -2.52. The minimum atomic E-state index is -0.0865. The van der Waals surface area contributed by atoms with Gasteiger partial charge in [-0.3, -0.25) is 4.79 Å². The molecule has 2 aromatic carbocycles. The van der Waals surface area contributed by atoms with Gasteiger partial charge in [-0.15, -0.1) is 0 Å². The monoisotopic (exact) mass is 535 g/mol. The maximum absolute atomic E-state index is 13.3. The van der Waals surface area contributed by atoms with E-state index in [1.807, 2.05) is 25.2 Å². The molecule has 1 amide bonds. The van der Waals surface area contributed by atoms with Crippen LogP contribution in [0.2, 0.25) is 0 Å². The van der Waals surface area contributed by atoms with Gasteiger partial charge in [0.2, 0.25) is 0 Å². The lowest BCUT2D eigenvalue weighted by molar-refractivity contribution is -0.117. The fourth-order valence-corrected chi connectivity index (χ4v) is 6.64. The lowest BCUT2D eigenvalue weighted by Crippen LogP contribution is -2.38. The van der Waals surface area contributed by atoms with Crippen LogP contribution in [0.25, 0.3) is 5.57 Å². The zero-order valence-corrected chi connectivity index (χ0v) is 25.5. The van der Waals surface area contributed by atoms with Crippen molar-refractivity contribution in [2.24, 2.45) is 11.3 Å². The molecule has 1 N–H and O–H groups in total. The van der Waals surface area contributed by atoms with Crippen LogP contribution in [0.5, 0.6) is 0 Å². The molecule has 0 radical (unpaired) electrons. The topological polar surface area (TPSA) is 29.1 Å². The van der Waals surface area contributed by atoms with E-state index in [0.29, 0.717) is 16.9 Å². The predicted octanol–water partition coefficient (Wildman–Crippen LogP) is 10.2. The molecule has 212 valence electrons. The second-order valence-corrected chi connectivity index (χ2v) is 12.2. The summed E-state index contributed by atoms with van der Waals surface area (Å²) < 4.78 is 0. The van der Waals surface area contributed by atoms with Crippen LogP contribution < -0.4 is 5.32 Å². The zero-order chi connectivity index (χ0) is 28.7. The molecular weight excluding hydrogens is 486 g/mol. The van der Waals surface area contributed by atoms with E-state index >= 15 is 0 Å². The summed E-state index contributed by atoms with van der Waals surface area (Å²) in [6, 6.07) is 17.8. The Balaban J connectivity index is 1.50. The van der Waals surface area contributed by atoms with Gasteiger partial charge in [0, 0.05) is 5.57 Å². The van der Waals surface area contributed by atoms with Crippen molar-refractivity contribution in [2.45, 2.75) is 98.4 Å². The van der Waals surface area contributed by atoms with Crippen molar-refractivity contribution in [1.29, 1.82) is 0 Å². The molecule has 2 aliphatic rings. The number of hydrogen-bond acceptors (Lipinski definition) is 1. The Labute approximate surface area is 243 Å². The van der Waals surface area contributed by atoms with Crippen molar-refractivity contribution >= 4 is 11.5 Å². The van der Waals surface area contributed by atoms with Gasteiger partial charge in [-0.1, -0.05) is 112 Å². The zero-order valence-electron chi connectivity index (χ0n) is 25.5. The molecule has 0 aromatic heterocycles. The summed E-state index contributed by atoms with van der Waals surface area (Å²) >= 11 is 0. The van der Waals surface area contributed by atoms with Gasteiger partial charge in [0.1, 0.15) is 0 Å². The summed E-state index contributed by atoms with van der Waals surface area (Å²) in [6.07, 6.45) is 17.1. The standard InChI is InChI=1S/C38H49NO/c1-7-12-32(13-8-2)29(9-3)24-30(10-4)37(40)39-28(6)31-18-20-34(21-19-31)36(33-16-14-27(5)15-17-33)35-25-38(26-35)22-11-23-38/h9-10,14-21,24,28,32H,3,7-8,11-13,22-23,25-26H2,1-2,4-6H3,(H,39,40)/b29-24+,30-10+/t28-/m1/s1. The number of aryl methyl sites for hydroxylation is 1. The molecule has 2 nitrogen and oxygen atoms in total. The summed E-state index contributed by atoms with van der Waals surface area (Å²) in [5.74, 6) is 0.416. The molecule has 0 bridgehead atoms. The average Bonchev–Trinajstić information content (AvgIpc) is 2.91. The number of allylic oxidation sites excluding steroid dienone is 4. The molecule has 0 aliphatic heterocycles. The number of amides is 1. The number of carbonyl (C=O) groups is 1. The van der Waals surface area contributed by atoms with Crippen molar-refractivity contribution < 1.29 is 4.79 Å². The first-order valence-corrected chi connectivity index (χ1v) is 15.5. The molecule has 0 unspecified atom stereocenters. The van der Waals surface area contributed by atoms with Crippen molar-refractivity contribution in [3.05, 3.63) is 112 Å². The number of hydrogen-bond donors (Lipinski definition) is 1. The van der Waals surface area contributed by atoms with E-state index in [-0.39, 0.29) is 11.9 Å². The molecule has 1 spiro atoms. The summed E-state index contributed by atoms with van der Waals surface area (Å²) in [4.78, 5) is 13.3. The van der Waals surface area contributed by atoms with E-state index in [2.05, 4.69) is 88.1 Å². The normalized spacial score (nSPS) is 17.3. The van der Waals surface area contributed by atoms with Crippen molar-refractivity contribution in [3.8, 4) is 0 Å². The van der Waals surface area contributed by atoms with E-state index in [0.717, 1.165) is 31.2 Å². The van der Waals surface area contributed by atoms with E-state index < -0.39 is 0 Å². The average molecular weight is 536 g/mol. The molecule has 2 saturated carbocycles. The summed E-state index contributed by atoms with van der Waals surface area (Å²) in [5, 5.41) is 3.24. The molecule has 4 rings (SSSR count). The van der Waals surface area contributed by atoms with Gasteiger partial charge in [-0.05, 0) is 105 Å².